The Morgan fingerprint density at radius 1 is 1.22 bits per heavy atom. The Kier molecular flexibility index (Phi) is 6.53. The first-order chi connectivity index (χ1) is 13.1. The van der Waals surface area contributed by atoms with Crippen molar-refractivity contribution in [3.63, 3.8) is 0 Å². The average molecular weight is 400 g/mol. The smallest absolute Gasteiger partial charge is 0.342 e. The van der Waals surface area contributed by atoms with Gasteiger partial charge in [0.15, 0.2) is 4.34 Å². The van der Waals surface area contributed by atoms with Crippen LogP contribution in [-0.4, -0.2) is 22.7 Å². The first-order valence-electron chi connectivity index (χ1n) is 8.78. The molecule has 2 aromatic carbocycles. The van der Waals surface area contributed by atoms with Crippen LogP contribution in [0.4, 0.5) is 0 Å². The molecule has 0 fully saturated rings. The molecule has 140 valence electrons. The Labute approximate surface area is 167 Å². The van der Waals surface area contributed by atoms with Gasteiger partial charge in [-0.15, -0.1) is 11.3 Å². The quantitative estimate of drug-likeness (QED) is 0.394. The second kappa shape index (κ2) is 9.06. The van der Waals surface area contributed by atoms with Gasteiger partial charge in [-0.2, -0.15) is 0 Å². The van der Waals surface area contributed by atoms with Crippen molar-refractivity contribution in [3.05, 3.63) is 59.0 Å². The van der Waals surface area contributed by atoms with Crippen molar-refractivity contribution in [2.24, 2.45) is 0 Å². The van der Waals surface area contributed by atoms with Crippen molar-refractivity contribution in [1.82, 2.24) is 4.98 Å². The molecule has 0 aliphatic heterocycles. The van der Waals surface area contributed by atoms with Crippen LogP contribution in [0.5, 0.6) is 5.75 Å². The fraction of sp³-hybridized carbons (Fsp3) is 0.238. The number of thiazole rings is 1. The number of phenols is 1. The minimum absolute atomic E-state index is 0.0533. The normalized spacial score (nSPS) is 10.7. The Hall–Kier alpha value is -2.31. The van der Waals surface area contributed by atoms with Crippen LogP contribution in [0, 0.1) is 6.92 Å². The number of rotatable bonds is 7. The van der Waals surface area contributed by atoms with E-state index >= 15 is 0 Å². The number of benzene rings is 2. The number of aromatic nitrogens is 1. The topological polar surface area (TPSA) is 59.4 Å². The Bertz CT molecular complexity index is 922. The van der Waals surface area contributed by atoms with Gasteiger partial charge >= 0.3 is 5.97 Å². The molecule has 0 unspecified atom stereocenters. The van der Waals surface area contributed by atoms with E-state index < -0.39 is 5.97 Å². The maximum absolute atomic E-state index is 12.4. The Balaban J connectivity index is 1.81. The van der Waals surface area contributed by atoms with Crippen molar-refractivity contribution >= 4 is 29.1 Å². The molecule has 0 saturated heterocycles. The lowest BCUT2D eigenvalue weighted by Crippen LogP contribution is -2.09. The van der Waals surface area contributed by atoms with Gasteiger partial charge < -0.3 is 9.84 Å². The van der Waals surface area contributed by atoms with E-state index in [1.54, 1.807) is 11.3 Å². The monoisotopic (exact) mass is 399 g/mol. The van der Waals surface area contributed by atoms with E-state index in [1.165, 1.54) is 17.8 Å². The zero-order valence-corrected chi connectivity index (χ0v) is 16.9. The first kappa shape index (κ1) is 19.5. The van der Waals surface area contributed by atoms with Gasteiger partial charge in [0, 0.05) is 15.8 Å². The molecule has 27 heavy (non-hydrogen) atoms. The highest BCUT2D eigenvalue weighted by Gasteiger charge is 2.19. The van der Waals surface area contributed by atoms with Gasteiger partial charge in [-0.05, 0) is 31.0 Å². The SMILES string of the molecule is CCCCOC(=O)c1c(O)ccc(Sc2nc(-c3ccccc3)cs2)c1C. The summed E-state index contributed by atoms with van der Waals surface area (Å²) < 4.78 is 6.16. The van der Waals surface area contributed by atoms with Crippen LogP contribution in [0.1, 0.15) is 35.7 Å². The summed E-state index contributed by atoms with van der Waals surface area (Å²) in [5.41, 5.74) is 2.94. The lowest BCUT2D eigenvalue weighted by molar-refractivity contribution is 0.0495. The van der Waals surface area contributed by atoms with Gasteiger partial charge in [0.2, 0.25) is 0 Å². The Morgan fingerprint density at radius 2 is 2.00 bits per heavy atom. The number of carbonyl (C=O) groups excluding carboxylic acids is 1. The summed E-state index contributed by atoms with van der Waals surface area (Å²) in [7, 11) is 0. The third-order valence-electron chi connectivity index (χ3n) is 4.08. The maximum Gasteiger partial charge on any atom is 0.342 e. The molecule has 0 spiro atoms. The molecule has 0 aliphatic carbocycles. The highest BCUT2D eigenvalue weighted by atomic mass is 32.2. The van der Waals surface area contributed by atoms with E-state index in [4.69, 9.17) is 4.74 Å². The van der Waals surface area contributed by atoms with Crippen LogP contribution in [0.15, 0.2) is 57.1 Å². The van der Waals surface area contributed by atoms with Gasteiger partial charge in [-0.3, -0.25) is 0 Å². The van der Waals surface area contributed by atoms with E-state index in [-0.39, 0.29) is 11.3 Å². The number of esters is 1. The molecule has 1 N–H and O–H groups in total. The van der Waals surface area contributed by atoms with Gasteiger partial charge in [-0.1, -0.05) is 55.4 Å². The number of ether oxygens (including phenoxy) is 1. The molecule has 0 amide bonds. The fourth-order valence-electron chi connectivity index (χ4n) is 2.57. The lowest BCUT2D eigenvalue weighted by atomic mass is 10.1. The van der Waals surface area contributed by atoms with Crippen molar-refractivity contribution in [1.29, 1.82) is 0 Å². The van der Waals surface area contributed by atoms with Crippen molar-refractivity contribution in [2.75, 3.05) is 6.61 Å². The van der Waals surface area contributed by atoms with Crippen LogP contribution >= 0.6 is 23.1 Å². The zero-order valence-electron chi connectivity index (χ0n) is 15.3. The number of carbonyl (C=O) groups is 1. The van der Waals surface area contributed by atoms with Crippen LogP contribution < -0.4 is 0 Å². The maximum atomic E-state index is 12.4. The van der Waals surface area contributed by atoms with Crippen molar-refractivity contribution in [2.45, 2.75) is 35.9 Å². The number of unbranched alkanes of at least 4 members (excludes halogenated alkanes) is 1. The van der Waals surface area contributed by atoms with E-state index in [1.807, 2.05) is 55.6 Å². The summed E-state index contributed by atoms with van der Waals surface area (Å²) in [5.74, 6) is -0.535. The van der Waals surface area contributed by atoms with E-state index in [2.05, 4.69) is 4.98 Å². The summed E-state index contributed by atoms with van der Waals surface area (Å²) in [4.78, 5) is 17.9. The molecule has 0 aliphatic rings. The Morgan fingerprint density at radius 3 is 2.74 bits per heavy atom. The van der Waals surface area contributed by atoms with Gasteiger partial charge in [0.25, 0.3) is 0 Å². The molecule has 0 atom stereocenters. The van der Waals surface area contributed by atoms with Gasteiger partial charge in [0.05, 0.1) is 12.3 Å². The van der Waals surface area contributed by atoms with E-state index in [9.17, 15) is 9.90 Å². The molecule has 4 nitrogen and oxygen atoms in total. The minimum Gasteiger partial charge on any atom is -0.507 e. The molecular formula is C21H21NO3S2. The molecule has 6 heteroatoms. The van der Waals surface area contributed by atoms with Gasteiger partial charge in [0.1, 0.15) is 11.3 Å². The predicted octanol–water partition coefficient (Wildman–Crippen LogP) is 5.93. The number of nitrogens with zero attached hydrogens (tertiary/aromatic N) is 1. The zero-order chi connectivity index (χ0) is 19.2. The number of hydrogen-bond acceptors (Lipinski definition) is 6. The molecule has 0 radical (unpaired) electrons. The third-order valence-corrected chi connectivity index (χ3v) is 6.18. The second-order valence-electron chi connectivity index (χ2n) is 6.04. The first-order valence-corrected chi connectivity index (χ1v) is 10.5. The molecule has 3 aromatic rings. The summed E-state index contributed by atoms with van der Waals surface area (Å²) >= 11 is 3.04. The summed E-state index contributed by atoms with van der Waals surface area (Å²) in [5, 5.41) is 12.2. The number of phenolic OH excluding ortho intramolecular Hbond substituents is 1. The lowest BCUT2D eigenvalue weighted by Gasteiger charge is -2.11. The number of aromatic hydroxyl groups is 1. The van der Waals surface area contributed by atoms with Gasteiger partial charge in [-0.25, -0.2) is 9.78 Å². The molecule has 1 aromatic heterocycles. The minimum atomic E-state index is -0.481. The fourth-order valence-corrected chi connectivity index (χ4v) is 4.45. The number of hydrogen-bond donors (Lipinski definition) is 1. The molecule has 0 saturated carbocycles. The second-order valence-corrected chi connectivity index (χ2v) is 8.19. The molecule has 1 heterocycles. The van der Waals surface area contributed by atoms with Crippen molar-refractivity contribution in [3.8, 4) is 17.0 Å². The summed E-state index contributed by atoms with van der Waals surface area (Å²) in [6.45, 7) is 4.22. The molecule has 3 rings (SSSR count). The van der Waals surface area contributed by atoms with Crippen LogP contribution in [0.25, 0.3) is 11.3 Å². The van der Waals surface area contributed by atoms with Crippen LogP contribution in [0.2, 0.25) is 0 Å². The third kappa shape index (κ3) is 4.70. The average Bonchev–Trinajstić information content (AvgIpc) is 3.14. The van der Waals surface area contributed by atoms with Crippen molar-refractivity contribution < 1.29 is 14.6 Å². The molecule has 0 bridgehead atoms. The summed E-state index contributed by atoms with van der Waals surface area (Å²) in [6, 6.07) is 13.4. The predicted molar refractivity (Wildman–Crippen MR) is 110 cm³/mol. The largest absolute Gasteiger partial charge is 0.507 e. The van der Waals surface area contributed by atoms with E-state index in [0.717, 1.165) is 33.3 Å². The highest BCUT2D eigenvalue weighted by molar-refractivity contribution is 8.01. The standard InChI is InChI=1S/C21H21NO3S2/c1-3-4-12-25-20(24)19-14(2)18(11-10-17(19)23)27-21-22-16(13-26-21)15-8-6-5-7-9-15/h5-11,13,23H,3-4,12H2,1-2H3. The summed E-state index contributed by atoms with van der Waals surface area (Å²) in [6.07, 6.45) is 1.75. The highest BCUT2D eigenvalue weighted by Crippen LogP contribution is 2.37. The molecular weight excluding hydrogens is 378 g/mol. The van der Waals surface area contributed by atoms with Crippen LogP contribution in [-0.2, 0) is 4.74 Å². The van der Waals surface area contributed by atoms with Crippen LogP contribution in [0.3, 0.4) is 0 Å². The van der Waals surface area contributed by atoms with E-state index in [0.29, 0.717) is 12.2 Å².